The van der Waals surface area contributed by atoms with Crippen LogP contribution in [-0.4, -0.2) is 14.8 Å². The van der Waals surface area contributed by atoms with Gasteiger partial charge in [0.05, 0.1) is 12.2 Å². The summed E-state index contributed by atoms with van der Waals surface area (Å²) in [4.78, 5) is 4.43. The van der Waals surface area contributed by atoms with Crippen molar-refractivity contribution in [3.05, 3.63) is 41.9 Å². The smallest absolute Gasteiger partial charge is 0.148 e. The van der Waals surface area contributed by atoms with Crippen molar-refractivity contribution in [1.29, 1.82) is 0 Å². The van der Waals surface area contributed by atoms with Gasteiger partial charge in [0.1, 0.15) is 5.82 Å². The Morgan fingerprint density at radius 2 is 2.12 bits per heavy atom. The maximum Gasteiger partial charge on any atom is 0.148 e. The number of aromatic nitrogens is 3. The quantitative estimate of drug-likeness (QED) is 0.878. The Morgan fingerprint density at radius 3 is 2.76 bits per heavy atom. The summed E-state index contributed by atoms with van der Waals surface area (Å²) in [5, 5.41) is 7.69. The van der Waals surface area contributed by atoms with Crippen LogP contribution in [0.4, 0.5) is 5.82 Å². The molecule has 0 atom stereocenters. The summed E-state index contributed by atoms with van der Waals surface area (Å²) in [6.07, 6.45) is 1.98. The fourth-order valence-corrected chi connectivity index (χ4v) is 1.60. The zero-order valence-electron chi connectivity index (χ0n) is 10.5. The summed E-state index contributed by atoms with van der Waals surface area (Å²) in [6.45, 7) is 6.92. The van der Waals surface area contributed by atoms with Crippen molar-refractivity contribution in [1.82, 2.24) is 14.8 Å². The molecule has 2 aromatic heterocycles. The van der Waals surface area contributed by atoms with E-state index >= 15 is 0 Å². The average Bonchev–Trinajstić information content (AvgIpc) is 2.75. The molecule has 0 saturated heterocycles. The maximum atomic E-state index is 4.43. The Balaban J connectivity index is 1.97. The van der Waals surface area contributed by atoms with E-state index in [1.54, 1.807) is 0 Å². The van der Waals surface area contributed by atoms with Crippen molar-refractivity contribution in [2.45, 2.75) is 33.4 Å². The van der Waals surface area contributed by atoms with Crippen LogP contribution in [-0.2, 0) is 6.54 Å². The van der Waals surface area contributed by atoms with Crippen LogP contribution in [0.25, 0.3) is 0 Å². The third-order valence-electron chi connectivity index (χ3n) is 2.53. The van der Waals surface area contributed by atoms with Gasteiger partial charge in [-0.1, -0.05) is 6.07 Å². The first kappa shape index (κ1) is 11.6. The minimum absolute atomic E-state index is 0.391. The number of anilines is 1. The van der Waals surface area contributed by atoms with Gasteiger partial charge in [0.15, 0.2) is 0 Å². The standard InChI is InChI=1S/C13H18N4/c1-10(2)17-8-7-13(16-17)14-9-12-6-4-5-11(3)15-12/h4-8,10H,9H2,1-3H3,(H,14,16). The van der Waals surface area contributed by atoms with Crippen molar-refractivity contribution >= 4 is 5.82 Å². The maximum absolute atomic E-state index is 4.43. The third kappa shape index (κ3) is 3.06. The summed E-state index contributed by atoms with van der Waals surface area (Å²) in [5.41, 5.74) is 2.07. The lowest BCUT2D eigenvalue weighted by atomic mass is 10.3. The Morgan fingerprint density at radius 1 is 1.29 bits per heavy atom. The molecule has 0 aliphatic carbocycles. The molecule has 2 heterocycles. The molecular weight excluding hydrogens is 212 g/mol. The minimum Gasteiger partial charge on any atom is -0.363 e. The van der Waals surface area contributed by atoms with Crippen LogP contribution < -0.4 is 5.32 Å². The average molecular weight is 230 g/mol. The van der Waals surface area contributed by atoms with E-state index in [0.29, 0.717) is 12.6 Å². The van der Waals surface area contributed by atoms with Gasteiger partial charge in [0.2, 0.25) is 0 Å². The van der Waals surface area contributed by atoms with Crippen molar-refractivity contribution in [3.63, 3.8) is 0 Å². The number of rotatable bonds is 4. The molecule has 0 unspecified atom stereocenters. The summed E-state index contributed by atoms with van der Waals surface area (Å²) in [7, 11) is 0. The molecule has 0 aromatic carbocycles. The fraction of sp³-hybridized carbons (Fsp3) is 0.385. The van der Waals surface area contributed by atoms with E-state index < -0.39 is 0 Å². The molecular formula is C13H18N4. The highest BCUT2D eigenvalue weighted by molar-refractivity contribution is 5.33. The molecule has 0 aliphatic heterocycles. The minimum atomic E-state index is 0.391. The van der Waals surface area contributed by atoms with Gasteiger partial charge in [0, 0.05) is 24.0 Å². The van der Waals surface area contributed by atoms with Gasteiger partial charge in [-0.25, -0.2) is 0 Å². The van der Waals surface area contributed by atoms with E-state index in [2.05, 4.69) is 29.2 Å². The van der Waals surface area contributed by atoms with Crippen molar-refractivity contribution in [3.8, 4) is 0 Å². The molecule has 0 amide bonds. The largest absolute Gasteiger partial charge is 0.363 e. The Kier molecular flexibility index (Phi) is 3.42. The van der Waals surface area contributed by atoms with E-state index in [4.69, 9.17) is 0 Å². The second-order valence-corrected chi connectivity index (χ2v) is 4.40. The van der Waals surface area contributed by atoms with Gasteiger partial charge in [-0.3, -0.25) is 9.67 Å². The highest BCUT2D eigenvalue weighted by Crippen LogP contribution is 2.09. The first-order chi connectivity index (χ1) is 8.15. The van der Waals surface area contributed by atoms with Gasteiger partial charge in [0.25, 0.3) is 0 Å². The van der Waals surface area contributed by atoms with E-state index in [9.17, 15) is 0 Å². The van der Waals surface area contributed by atoms with Crippen LogP contribution in [0.5, 0.6) is 0 Å². The first-order valence-electron chi connectivity index (χ1n) is 5.87. The van der Waals surface area contributed by atoms with Crippen LogP contribution in [0, 0.1) is 6.92 Å². The molecule has 90 valence electrons. The molecule has 0 bridgehead atoms. The molecule has 17 heavy (non-hydrogen) atoms. The normalized spacial score (nSPS) is 10.8. The van der Waals surface area contributed by atoms with E-state index in [0.717, 1.165) is 17.2 Å². The lowest BCUT2D eigenvalue weighted by molar-refractivity contribution is 0.534. The molecule has 4 nitrogen and oxygen atoms in total. The van der Waals surface area contributed by atoms with Crippen LogP contribution in [0.2, 0.25) is 0 Å². The SMILES string of the molecule is Cc1cccc(CNc2ccn(C(C)C)n2)n1. The molecule has 0 radical (unpaired) electrons. The second kappa shape index (κ2) is 4.99. The van der Waals surface area contributed by atoms with E-state index in [-0.39, 0.29) is 0 Å². The summed E-state index contributed by atoms with van der Waals surface area (Å²) in [6, 6.07) is 8.40. The van der Waals surface area contributed by atoms with Gasteiger partial charge in [-0.15, -0.1) is 0 Å². The topological polar surface area (TPSA) is 42.7 Å². The Bertz CT molecular complexity index is 488. The number of pyridine rings is 1. The van der Waals surface area contributed by atoms with Crippen molar-refractivity contribution in [2.24, 2.45) is 0 Å². The van der Waals surface area contributed by atoms with Crippen molar-refractivity contribution in [2.75, 3.05) is 5.32 Å². The van der Waals surface area contributed by atoms with Gasteiger partial charge < -0.3 is 5.32 Å². The highest BCUT2D eigenvalue weighted by atomic mass is 15.3. The Hall–Kier alpha value is -1.84. The van der Waals surface area contributed by atoms with Crippen molar-refractivity contribution < 1.29 is 0 Å². The molecule has 2 aromatic rings. The number of hydrogen-bond acceptors (Lipinski definition) is 3. The zero-order valence-corrected chi connectivity index (χ0v) is 10.5. The number of nitrogens with zero attached hydrogens (tertiary/aromatic N) is 3. The van der Waals surface area contributed by atoms with Crippen LogP contribution in [0.1, 0.15) is 31.3 Å². The fourth-order valence-electron chi connectivity index (χ4n) is 1.60. The summed E-state index contributed by atoms with van der Waals surface area (Å²) in [5.74, 6) is 0.891. The van der Waals surface area contributed by atoms with Gasteiger partial charge >= 0.3 is 0 Å². The highest BCUT2D eigenvalue weighted by Gasteiger charge is 2.01. The van der Waals surface area contributed by atoms with Crippen LogP contribution >= 0.6 is 0 Å². The number of aryl methyl sites for hydroxylation is 1. The molecule has 0 spiro atoms. The van der Waals surface area contributed by atoms with Gasteiger partial charge in [-0.2, -0.15) is 5.10 Å². The molecule has 1 N–H and O–H groups in total. The van der Waals surface area contributed by atoms with Gasteiger partial charge in [-0.05, 0) is 32.9 Å². The van der Waals surface area contributed by atoms with E-state index in [1.165, 1.54) is 0 Å². The first-order valence-corrected chi connectivity index (χ1v) is 5.87. The predicted octanol–water partition coefficient (Wildman–Crippen LogP) is 2.78. The second-order valence-electron chi connectivity index (χ2n) is 4.40. The van der Waals surface area contributed by atoms with Crippen LogP contribution in [0.15, 0.2) is 30.5 Å². The lowest BCUT2D eigenvalue weighted by Crippen LogP contribution is -2.05. The monoisotopic (exact) mass is 230 g/mol. The Labute approximate surface area is 102 Å². The molecule has 4 heteroatoms. The van der Waals surface area contributed by atoms with Crippen LogP contribution in [0.3, 0.4) is 0 Å². The molecule has 0 aliphatic rings. The summed E-state index contributed by atoms with van der Waals surface area (Å²) < 4.78 is 1.94. The molecule has 2 rings (SSSR count). The number of nitrogens with one attached hydrogen (secondary N) is 1. The lowest BCUT2D eigenvalue weighted by Gasteiger charge is -2.05. The zero-order chi connectivity index (χ0) is 12.3. The summed E-state index contributed by atoms with van der Waals surface area (Å²) >= 11 is 0. The molecule has 0 saturated carbocycles. The molecule has 0 fully saturated rings. The van der Waals surface area contributed by atoms with E-state index in [1.807, 2.05) is 42.1 Å². The third-order valence-corrected chi connectivity index (χ3v) is 2.53. The number of hydrogen-bond donors (Lipinski definition) is 1. The predicted molar refractivity (Wildman–Crippen MR) is 68.9 cm³/mol.